The molecule has 0 aromatic heterocycles. The van der Waals surface area contributed by atoms with Crippen molar-refractivity contribution in [1.82, 2.24) is 0 Å². The lowest BCUT2D eigenvalue weighted by molar-refractivity contribution is 0.178. The minimum atomic E-state index is -0.673. The molecular formula is C16H16BrFO2. The largest absolute Gasteiger partial charge is 0.496 e. The fourth-order valence-electron chi connectivity index (χ4n) is 2.18. The van der Waals surface area contributed by atoms with Gasteiger partial charge >= 0.3 is 0 Å². The SMILES string of the molecule is COc1ccc(C(O)Cc2cc(F)cc(Br)c2)cc1C. The van der Waals surface area contributed by atoms with Crippen molar-refractivity contribution < 1.29 is 14.2 Å². The molecule has 4 heteroatoms. The minimum absolute atomic E-state index is 0.313. The molecule has 0 saturated carbocycles. The second-order valence-corrected chi connectivity index (χ2v) is 5.64. The average molecular weight is 339 g/mol. The van der Waals surface area contributed by atoms with Crippen LogP contribution in [-0.2, 0) is 6.42 Å². The zero-order chi connectivity index (χ0) is 14.7. The van der Waals surface area contributed by atoms with E-state index in [1.54, 1.807) is 7.11 Å². The van der Waals surface area contributed by atoms with Gasteiger partial charge in [-0.3, -0.25) is 0 Å². The van der Waals surface area contributed by atoms with E-state index in [1.165, 1.54) is 12.1 Å². The molecule has 0 saturated heterocycles. The molecule has 2 aromatic rings. The van der Waals surface area contributed by atoms with Crippen LogP contribution in [0.25, 0.3) is 0 Å². The first kappa shape index (κ1) is 15.0. The van der Waals surface area contributed by atoms with Crippen LogP contribution in [0.5, 0.6) is 5.75 Å². The Labute approximate surface area is 126 Å². The number of rotatable bonds is 4. The molecule has 2 aromatic carbocycles. The lowest BCUT2D eigenvalue weighted by Crippen LogP contribution is -2.03. The highest BCUT2D eigenvalue weighted by molar-refractivity contribution is 9.10. The lowest BCUT2D eigenvalue weighted by Gasteiger charge is -2.14. The van der Waals surface area contributed by atoms with Crippen LogP contribution in [0, 0.1) is 12.7 Å². The topological polar surface area (TPSA) is 29.5 Å². The van der Waals surface area contributed by atoms with Crippen molar-refractivity contribution in [3.63, 3.8) is 0 Å². The molecule has 106 valence electrons. The number of benzene rings is 2. The van der Waals surface area contributed by atoms with Crippen molar-refractivity contribution in [2.24, 2.45) is 0 Å². The fourth-order valence-corrected chi connectivity index (χ4v) is 2.69. The summed E-state index contributed by atoms with van der Waals surface area (Å²) >= 11 is 3.25. The van der Waals surface area contributed by atoms with Gasteiger partial charge in [0.1, 0.15) is 11.6 Å². The Kier molecular flexibility index (Phi) is 4.78. The lowest BCUT2D eigenvalue weighted by atomic mass is 9.99. The molecule has 1 unspecified atom stereocenters. The monoisotopic (exact) mass is 338 g/mol. The molecule has 0 heterocycles. The van der Waals surface area contributed by atoms with Gasteiger partial charge in [0.25, 0.3) is 0 Å². The molecule has 0 aliphatic heterocycles. The normalized spacial score (nSPS) is 12.2. The van der Waals surface area contributed by atoms with Gasteiger partial charge in [-0.2, -0.15) is 0 Å². The van der Waals surface area contributed by atoms with Crippen molar-refractivity contribution in [3.8, 4) is 5.75 Å². The van der Waals surface area contributed by atoms with E-state index in [9.17, 15) is 9.50 Å². The van der Waals surface area contributed by atoms with E-state index in [-0.39, 0.29) is 5.82 Å². The smallest absolute Gasteiger partial charge is 0.124 e. The van der Waals surface area contributed by atoms with Gasteiger partial charge in [-0.15, -0.1) is 0 Å². The van der Waals surface area contributed by atoms with Crippen LogP contribution in [0.4, 0.5) is 4.39 Å². The molecule has 0 aliphatic carbocycles. The molecule has 20 heavy (non-hydrogen) atoms. The second kappa shape index (κ2) is 6.37. The third-order valence-corrected chi connectivity index (χ3v) is 3.61. The number of aliphatic hydroxyl groups is 1. The first-order valence-corrected chi connectivity index (χ1v) is 7.06. The predicted molar refractivity (Wildman–Crippen MR) is 80.5 cm³/mol. The maximum atomic E-state index is 13.3. The molecule has 0 fully saturated rings. The first-order valence-electron chi connectivity index (χ1n) is 6.27. The minimum Gasteiger partial charge on any atom is -0.496 e. The zero-order valence-electron chi connectivity index (χ0n) is 11.4. The van der Waals surface area contributed by atoms with Crippen molar-refractivity contribution in [3.05, 3.63) is 63.4 Å². The molecule has 2 rings (SSSR count). The summed E-state index contributed by atoms with van der Waals surface area (Å²) in [6, 6.07) is 10.2. The van der Waals surface area contributed by atoms with Crippen LogP contribution in [0.2, 0.25) is 0 Å². The van der Waals surface area contributed by atoms with Gasteiger partial charge in [0.15, 0.2) is 0 Å². The molecule has 0 spiro atoms. The first-order chi connectivity index (χ1) is 9.49. The van der Waals surface area contributed by atoms with Crippen LogP contribution in [0.1, 0.15) is 22.8 Å². The highest BCUT2D eigenvalue weighted by Gasteiger charge is 2.11. The van der Waals surface area contributed by atoms with Crippen LogP contribution in [-0.4, -0.2) is 12.2 Å². The van der Waals surface area contributed by atoms with E-state index < -0.39 is 6.10 Å². The molecular weight excluding hydrogens is 323 g/mol. The summed E-state index contributed by atoms with van der Waals surface area (Å²) < 4.78 is 19.2. The summed E-state index contributed by atoms with van der Waals surface area (Å²) in [5, 5.41) is 10.3. The molecule has 0 aliphatic rings. The van der Waals surface area contributed by atoms with Crippen LogP contribution < -0.4 is 4.74 Å². The predicted octanol–water partition coefficient (Wildman–Crippen LogP) is 4.18. The Balaban J connectivity index is 2.19. The maximum absolute atomic E-state index is 13.3. The number of halogens is 2. The Morgan fingerprint density at radius 2 is 2.00 bits per heavy atom. The molecule has 0 radical (unpaired) electrons. The summed E-state index contributed by atoms with van der Waals surface area (Å²) in [5.41, 5.74) is 2.51. The maximum Gasteiger partial charge on any atom is 0.124 e. The van der Waals surface area contributed by atoms with Crippen LogP contribution >= 0.6 is 15.9 Å². The number of ether oxygens (including phenoxy) is 1. The van der Waals surface area contributed by atoms with Gasteiger partial charge in [-0.25, -0.2) is 4.39 Å². The van der Waals surface area contributed by atoms with Gasteiger partial charge in [-0.1, -0.05) is 22.0 Å². The Hall–Kier alpha value is -1.39. The van der Waals surface area contributed by atoms with E-state index >= 15 is 0 Å². The van der Waals surface area contributed by atoms with Crippen LogP contribution in [0.3, 0.4) is 0 Å². The molecule has 1 atom stereocenters. The molecule has 0 amide bonds. The van der Waals surface area contributed by atoms with E-state index in [4.69, 9.17) is 4.74 Å². The van der Waals surface area contributed by atoms with E-state index in [1.807, 2.05) is 31.2 Å². The Bertz CT molecular complexity index is 593. The summed E-state index contributed by atoms with van der Waals surface area (Å²) in [5.74, 6) is 0.474. The number of hydrogen-bond donors (Lipinski definition) is 1. The van der Waals surface area contributed by atoms with Crippen molar-refractivity contribution >= 4 is 15.9 Å². The molecule has 2 nitrogen and oxygen atoms in total. The quantitative estimate of drug-likeness (QED) is 0.905. The second-order valence-electron chi connectivity index (χ2n) is 4.73. The van der Waals surface area contributed by atoms with Gasteiger partial charge in [0.2, 0.25) is 0 Å². The number of aryl methyl sites for hydroxylation is 1. The molecule has 1 N–H and O–H groups in total. The number of methoxy groups -OCH3 is 1. The van der Waals surface area contributed by atoms with Gasteiger partial charge in [0.05, 0.1) is 13.2 Å². The third kappa shape index (κ3) is 3.58. The highest BCUT2D eigenvalue weighted by Crippen LogP contribution is 2.25. The Morgan fingerprint density at radius 1 is 1.25 bits per heavy atom. The summed E-state index contributed by atoms with van der Waals surface area (Å²) in [6.07, 6.45) is -0.310. The van der Waals surface area contributed by atoms with E-state index in [0.717, 1.165) is 22.4 Å². The van der Waals surface area contributed by atoms with Crippen LogP contribution in [0.15, 0.2) is 40.9 Å². The fraction of sp³-hybridized carbons (Fsp3) is 0.250. The van der Waals surface area contributed by atoms with Crippen molar-refractivity contribution in [2.45, 2.75) is 19.4 Å². The van der Waals surface area contributed by atoms with Gasteiger partial charge < -0.3 is 9.84 Å². The van der Waals surface area contributed by atoms with E-state index in [0.29, 0.717) is 10.9 Å². The highest BCUT2D eigenvalue weighted by atomic mass is 79.9. The number of aliphatic hydroxyl groups excluding tert-OH is 1. The van der Waals surface area contributed by atoms with Gasteiger partial charge in [-0.05, 0) is 53.9 Å². The summed E-state index contributed by atoms with van der Waals surface area (Å²) in [6.45, 7) is 1.92. The number of hydrogen-bond acceptors (Lipinski definition) is 2. The zero-order valence-corrected chi connectivity index (χ0v) is 12.9. The Morgan fingerprint density at radius 3 is 2.60 bits per heavy atom. The van der Waals surface area contributed by atoms with Gasteiger partial charge in [0, 0.05) is 10.9 Å². The standard InChI is InChI=1S/C16H16BrFO2/c1-10-5-12(3-4-16(10)20-2)15(19)8-11-6-13(17)9-14(18)7-11/h3-7,9,15,19H,8H2,1-2H3. The average Bonchev–Trinajstić information content (AvgIpc) is 2.37. The third-order valence-electron chi connectivity index (χ3n) is 3.16. The van der Waals surface area contributed by atoms with Crippen molar-refractivity contribution in [2.75, 3.05) is 7.11 Å². The summed E-state index contributed by atoms with van der Waals surface area (Å²) in [7, 11) is 1.61. The molecule has 0 bridgehead atoms. The summed E-state index contributed by atoms with van der Waals surface area (Å²) in [4.78, 5) is 0. The van der Waals surface area contributed by atoms with E-state index in [2.05, 4.69) is 15.9 Å². The van der Waals surface area contributed by atoms with Crippen molar-refractivity contribution in [1.29, 1.82) is 0 Å².